The number of alkyl halides is 1. The Bertz CT molecular complexity index is 681. The molecule has 2 nitrogen and oxygen atoms in total. The van der Waals surface area contributed by atoms with Crippen LogP contribution in [-0.4, -0.2) is 16.9 Å². The van der Waals surface area contributed by atoms with E-state index < -0.39 is 0 Å². The van der Waals surface area contributed by atoms with Crippen molar-refractivity contribution in [2.75, 3.05) is 11.2 Å². The molecule has 20 heavy (non-hydrogen) atoms. The Morgan fingerprint density at radius 1 is 1.15 bits per heavy atom. The van der Waals surface area contributed by atoms with Gasteiger partial charge in [0.15, 0.2) is 0 Å². The summed E-state index contributed by atoms with van der Waals surface area (Å²) in [4.78, 5) is 4.45. The van der Waals surface area contributed by atoms with Crippen LogP contribution in [0, 0.1) is 0 Å². The van der Waals surface area contributed by atoms with Gasteiger partial charge in [-0.1, -0.05) is 30.3 Å². The number of benzene rings is 1. The summed E-state index contributed by atoms with van der Waals surface area (Å²) in [5.74, 6) is 1.47. The Morgan fingerprint density at radius 2 is 2.00 bits per heavy atom. The number of nitrogens with zero attached hydrogens (tertiary/aromatic N) is 1. The SMILES string of the molecule is ClCC(Cc1ccccc1)Nc1nccc2sccc12. The number of thiophene rings is 1. The van der Waals surface area contributed by atoms with Crippen LogP contribution in [0.15, 0.2) is 54.0 Å². The van der Waals surface area contributed by atoms with Crippen LogP contribution in [0.25, 0.3) is 10.1 Å². The monoisotopic (exact) mass is 302 g/mol. The van der Waals surface area contributed by atoms with Crippen LogP contribution in [0.3, 0.4) is 0 Å². The quantitative estimate of drug-likeness (QED) is 0.699. The van der Waals surface area contributed by atoms with Crippen molar-refractivity contribution in [2.24, 2.45) is 0 Å². The molecule has 1 N–H and O–H groups in total. The van der Waals surface area contributed by atoms with Crippen molar-refractivity contribution in [2.45, 2.75) is 12.5 Å². The smallest absolute Gasteiger partial charge is 0.134 e. The van der Waals surface area contributed by atoms with Crippen LogP contribution in [0.5, 0.6) is 0 Å². The molecule has 1 atom stereocenters. The second kappa shape index (κ2) is 6.25. The molecular formula is C16H15ClN2S. The predicted octanol–water partition coefficient (Wildman–Crippen LogP) is 4.56. The molecule has 1 unspecified atom stereocenters. The van der Waals surface area contributed by atoms with Crippen LogP contribution in [0.1, 0.15) is 5.56 Å². The highest BCUT2D eigenvalue weighted by atomic mass is 35.5. The molecule has 0 radical (unpaired) electrons. The second-order valence-corrected chi connectivity index (χ2v) is 5.93. The second-order valence-electron chi connectivity index (χ2n) is 4.68. The Hall–Kier alpha value is -1.58. The molecule has 0 aliphatic carbocycles. The van der Waals surface area contributed by atoms with Gasteiger partial charge in [-0.3, -0.25) is 0 Å². The first-order valence-electron chi connectivity index (χ1n) is 6.55. The molecule has 0 saturated carbocycles. The van der Waals surface area contributed by atoms with E-state index >= 15 is 0 Å². The third-order valence-electron chi connectivity index (χ3n) is 3.23. The van der Waals surface area contributed by atoms with Gasteiger partial charge in [-0.25, -0.2) is 4.98 Å². The lowest BCUT2D eigenvalue weighted by molar-refractivity contribution is 0.793. The van der Waals surface area contributed by atoms with Gasteiger partial charge in [-0.2, -0.15) is 0 Å². The van der Waals surface area contributed by atoms with E-state index in [1.54, 1.807) is 11.3 Å². The first-order chi connectivity index (χ1) is 9.86. The van der Waals surface area contributed by atoms with Crippen LogP contribution < -0.4 is 5.32 Å². The molecule has 3 aromatic rings. The van der Waals surface area contributed by atoms with Crippen LogP contribution >= 0.6 is 22.9 Å². The molecule has 3 rings (SSSR count). The molecule has 0 spiro atoms. The van der Waals surface area contributed by atoms with Gasteiger partial charge in [-0.15, -0.1) is 22.9 Å². The van der Waals surface area contributed by atoms with Gasteiger partial charge in [-0.05, 0) is 29.5 Å². The van der Waals surface area contributed by atoms with E-state index in [9.17, 15) is 0 Å². The highest BCUT2D eigenvalue weighted by Crippen LogP contribution is 2.26. The van der Waals surface area contributed by atoms with E-state index in [0.29, 0.717) is 5.88 Å². The van der Waals surface area contributed by atoms with Crippen molar-refractivity contribution in [1.82, 2.24) is 4.98 Å². The van der Waals surface area contributed by atoms with E-state index in [4.69, 9.17) is 11.6 Å². The fourth-order valence-electron chi connectivity index (χ4n) is 2.25. The largest absolute Gasteiger partial charge is 0.365 e. The molecule has 2 aromatic heterocycles. The topological polar surface area (TPSA) is 24.9 Å². The van der Waals surface area contributed by atoms with Gasteiger partial charge in [0.1, 0.15) is 5.82 Å². The molecule has 0 aliphatic heterocycles. The third kappa shape index (κ3) is 2.94. The van der Waals surface area contributed by atoms with Gasteiger partial charge in [0, 0.05) is 28.2 Å². The molecular weight excluding hydrogens is 288 g/mol. The number of pyridine rings is 1. The summed E-state index contributed by atoms with van der Waals surface area (Å²) in [6, 6.07) is 14.7. The Kier molecular flexibility index (Phi) is 4.19. The van der Waals surface area contributed by atoms with Crippen molar-refractivity contribution in [3.05, 3.63) is 59.6 Å². The van der Waals surface area contributed by atoms with Crippen molar-refractivity contribution in [3.63, 3.8) is 0 Å². The van der Waals surface area contributed by atoms with Crippen molar-refractivity contribution in [3.8, 4) is 0 Å². The number of anilines is 1. The first-order valence-corrected chi connectivity index (χ1v) is 7.97. The average Bonchev–Trinajstić information content (AvgIpc) is 2.97. The van der Waals surface area contributed by atoms with Gasteiger partial charge < -0.3 is 5.32 Å². The maximum atomic E-state index is 6.10. The Morgan fingerprint density at radius 3 is 2.80 bits per heavy atom. The highest BCUT2D eigenvalue weighted by molar-refractivity contribution is 7.17. The molecule has 0 fully saturated rings. The maximum absolute atomic E-state index is 6.10. The van der Waals surface area contributed by atoms with Gasteiger partial charge >= 0.3 is 0 Å². The summed E-state index contributed by atoms with van der Waals surface area (Å²) in [6.07, 6.45) is 2.74. The van der Waals surface area contributed by atoms with Crippen LogP contribution in [0.4, 0.5) is 5.82 Å². The molecule has 0 bridgehead atoms. The zero-order valence-electron chi connectivity index (χ0n) is 10.9. The normalized spacial score (nSPS) is 12.4. The molecule has 4 heteroatoms. The van der Waals surface area contributed by atoms with Gasteiger partial charge in [0.2, 0.25) is 0 Å². The zero-order valence-corrected chi connectivity index (χ0v) is 12.5. The number of nitrogens with one attached hydrogen (secondary N) is 1. The lowest BCUT2D eigenvalue weighted by atomic mass is 10.1. The lowest BCUT2D eigenvalue weighted by Gasteiger charge is -2.17. The Balaban J connectivity index is 1.79. The summed E-state index contributed by atoms with van der Waals surface area (Å²) in [7, 11) is 0. The van der Waals surface area contributed by atoms with Crippen molar-refractivity contribution < 1.29 is 0 Å². The fraction of sp³-hybridized carbons (Fsp3) is 0.188. The number of aromatic nitrogens is 1. The molecule has 0 amide bonds. The minimum Gasteiger partial charge on any atom is -0.365 e. The third-order valence-corrected chi connectivity index (χ3v) is 4.49. The molecule has 2 heterocycles. The minimum atomic E-state index is 0.178. The Labute approximate surface area is 127 Å². The average molecular weight is 303 g/mol. The first kappa shape index (κ1) is 13.4. The summed E-state index contributed by atoms with van der Waals surface area (Å²) in [5, 5.41) is 6.72. The fourth-order valence-corrected chi connectivity index (χ4v) is 3.21. The lowest BCUT2D eigenvalue weighted by Crippen LogP contribution is -2.24. The maximum Gasteiger partial charge on any atom is 0.134 e. The van der Waals surface area contributed by atoms with E-state index in [2.05, 4.69) is 46.0 Å². The highest BCUT2D eigenvalue weighted by Gasteiger charge is 2.11. The van der Waals surface area contributed by atoms with Gasteiger partial charge in [0.05, 0.1) is 0 Å². The number of hydrogen-bond donors (Lipinski definition) is 1. The number of fused-ring (bicyclic) bond motifs is 1. The number of halogens is 1. The van der Waals surface area contributed by atoms with E-state index in [-0.39, 0.29) is 6.04 Å². The molecule has 102 valence electrons. The van der Waals surface area contributed by atoms with E-state index in [1.807, 2.05) is 18.3 Å². The molecule has 0 saturated heterocycles. The minimum absolute atomic E-state index is 0.178. The van der Waals surface area contributed by atoms with Crippen molar-refractivity contribution >= 4 is 38.8 Å². The van der Waals surface area contributed by atoms with Crippen molar-refractivity contribution in [1.29, 1.82) is 0 Å². The molecule has 0 aliphatic rings. The van der Waals surface area contributed by atoms with E-state index in [0.717, 1.165) is 12.2 Å². The number of rotatable bonds is 5. The standard InChI is InChI=1S/C16H15ClN2S/c17-11-13(10-12-4-2-1-3-5-12)19-16-14-7-9-20-15(14)6-8-18-16/h1-9,13H,10-11H2,(H,18,19). The predicted molar refractivity (Wildman–Crippen MR) is 87.9 cm³/mol. The summed E-state index contributed by atoms with van der Waals surface area (Å²) >= 11 is 7.83. The van der Waals surface area contributed by atoms with Gasteiger partial charge in [0.25, 0.3) is 0 Å². The summed E-state index contributed by atoms with van der Waals surface area (Å²) in [5.41, 5.74) is 1.28. The molecule has 1 aromatic carbocycles. The van der Waals surface area contributed by atoms with Crippen LogP contribution in [-0.2, 0) is 6.42 Å². The van der Waals surface area contributed by atoms with E-state index in [1.165, 1.54) is 15.6 Å². The number of hydrogen-bond acceptors (Lipinski definition) is 3. The summed E-state index contributed by atoms with van der Waals surface area (Å²) < 4.78 is 1.25. The summed E-state index contributed by atoms with van der Waals surface area (Å²) in [6.45, 7) is 0. The zero-order chi connectivity index (χ0) is 13.8. The van der Waals surface area contributed by atoms with Crippen LogP contribution in [0.2, 0.25) is 0 Å².